The first-order valence-electron chi connectivity index (χ1n) is 7.79. The predicted octanol–water partition coefficient (Wildman–Crippen LogP) is 2.58. The largest absolute Gasteiger partial charge is 0.508 e. The normalized spacial score (nSPS) is 10.7. The van der Waals surface area contributed by atoms with Crippen molar-refractivity contribution in [3.63, 3.8) is 0 Å². The van der Waals surface area contributed by atoms with Gasteiger partial charge in [0.05, 0.1) is 0 Å². The van der Waals surface area contributed by atoms with Crippen molar-refractivity contribution in [3.8, 4) is 11.5 Å². The molecular formula is C19H16N2O5. The average molecular weight is 352 g/mol. The van der Waals surface area contributed by atoms with Gasteiger partial charge in [0, 0.05) is 11.9 Å². The molecule has 0 saturated heterocycles. The van der Waals surface area contributed by atoms with E-state index in [1.165, 1.54) is 18.2 Å². The van der Waals surface area contributed by atoms with E-state index in [-0.39, 0.29) is 29.1 Å². The van der Waals surface area contributed by atoms with Gasteiger partial charge in [-0.1, -0.05) is 24.3 Å². The lowest BCUT2D eigenvalue weighted by molar-refractivity contribution is 0.0693. The van der Waals surface area contributed by atoms with Crippen LogP contribution in [0.3, 0.4) is 0 Å². The molecule has 0 saturated carbocycles. The van der Waals surface area contributed by atoms with Gasteiger partial charge in [0.25, 0.3) is 5.91 Å². The van der Waals surface area contributed by atoms with Gasteiger partial charge in [-0.3, -0.25) is 4.79 Å². The number of aryl methyl sites for hydroxylation is 1. The summed E-state index contributed by atoms with van der Waals surface area (Å²) in [5.74, 6) is -2.09. The zero-order chi connectivity index (χ0) is 18.8. The molecule has 0 aliphatic heterocycles. The molecule has 0 aliphatic carbocycles. The summed E-state index contributed by atoms with van der Waals surface area (Å²) in [6, 6.07) is 11.0. The molecule has 0 spiro atoms. The van der Waals surface area contributed by atoms with E-state index in [9.17, 15) is 19.8 Å². The van der Waals surface area contributed by atoms with Crippen LogP contribution in [0.1, 0.15) is 32.0 Å². The molecular weight excluding hydrogens is 336 g/mol. The van der Waals surface area contributed by atoms with E-state index >= 15 is 0 Å². The highest BCUT2D eigenvalue weighted by Gasteiger charge is 2.16. The number of nitrogens with one attached hydrogen (secondary N) is 1. The molecule has 0 radical (unpaired) electrons. The summed E-state index contributed by atoms with van der Waals surface area (Å²) in [5.41, 5.74) is 1.27. The van der Waals surface area contributed by atoms with Gasteiger partial charge >= 0.3 is 5.97 Å². The molecule has 7 heteroatoms. The van der Waals surface area contributed by atoms with Crippen LogP contribution in [0.15, 0.2) is 42.5 Å². The number of fused-ring (bicyclic) bond motifs is 1. The molecule has 0 aliphatic rings. The van der Waals surface area contributed by atoms with Crippen molar-refractivity contribution in [2.24, 2.45) is 0 Å². The van der Waals surface area contributed by atoms with E-state index in [1.54, 1.807) is 31.2 Å². The minimum Gasteiger partial charge on any atom is -0.508 e. The summed E-state index contributed by atoms with van der Waals surface area (Å²) >= 11 is 0. The second kappa shape index (κ2) is 6.72. The molecule has 3 aromatic rings. The van der Waals surface area contributed by atoms with E-state index in [0.29, 0.717) is 5.39 Å². The number of carboxylic acids is 1. The zero-order valence-electron chi connectivity index (χ0n) is 13.9. The fourth-order valence-corrected chi connectivity index (χ4v) is 2.51. The number of aromatic nitrogens is 1. The summed E-state index contributed by atoms with van der Waals surface area (Å²) in [5, 5.41) is 32.1. The Hall–Kier alpha value is -3.61. The fraction of sp³-hybridized carbons (Fsp3) is 0.105. The van der Waals surface area contributed by atoms with E-state index in [0.717, 1.165) is 11.1 Å². The number of phenols is 2. The maximum Gasteiger partial charge on any atom is 0.339 e. The number of carbonyl (C=O) groups is 2. The molecule has 0 atom stereocenters. The van der Waals surface area contributed by atoms with Crippen LogP contribution in [0.5, 0.6) is 11.5 Å². The smallest absolute Gasteiger partial charge is 0.339 e. The molecule has 2 aromatic carbocycles. The van der Waals surface area contributed by atoms with Gasteiger partial charge in [-0.15, -0.1) is 0 Å². The Morgan fingerprint density at radius 2 is 1.81 bits per heavy atom. The van der Waals surface area contributed by atoms with Crippen LogP contribution < -0.4 is 5.32 Å². The van der Waals surface area contributed by atoms with Gasteiger partial charge in [-0.2, -0.15) is 0 Å². The molecule has 3 rings (SSSR count). The van der Waals surface area contributed by atoms with Crippen LogP contribution in [-0.4, -0.2) is 32.2 Å². The number of benzene rings is 2. The third-order valence-electron chi connectivity index (χ3n) is 4.03. The van der Waals surface area contributed by atoms with Gasteiger partial charge < -0.3 is 20.6 Å². The SMILES string of the molecule is Cc1ccc(CNC(=O)c2ccc3ccc(C(=O)O)c(O)c3n2)cc1O. The molecule has 132 valence electrons. The molecule has 1 heterocycles. The third-order valence-corrected chi connectivity index (χ3v) is 4.03. The van der Waals surface area contributed by atoms with Crippen molar-refractivity contribution in [1.29, 1.82) is 0 Å². The maximum atomic E-state index is 12.3. The van der Waals surface area contributed by atoms with Gasteiger partial charge in [-0.05, 0) is 36.2 Å². The Kier molecular flexibility index (Phi) is 4.45. The second-order valence-corrected chi connectivity index (χ2v) is 5.84. The topological polar surface area (TPSA) is 120 Å². The minimum absolute atomic E-state index is 0.0468. The number of nitrogens with zero attached hydrogens (tertiary/aromatic N) is 1. The Labute approximate surface area is 148 Å². The van der Waals surface area contributed by atoms with Gasteiger partial charge in [-0.25, -0.2) is 9.78 Å². The molecule has 1 aromatic heterocycles. The highest BCUT2D eigenvalue weighted by Crippen LogP contribution is 2.27. The first kappa shape index (κ1) is 17.2. The second-order valence-electron chi connectivity index (χ2n) is 5.84. The maximum absolute atomic E-state index is 12.3. The molecule has 7 nitrogen and oxygen atoms in total. The summed E-state index contributed by atoms with van der Waals surface area (Å²) < 4.78 is 0. The summed E-state index contributed by atoms with van der Waals surface area (Å²) in [6.07, 6.45) is 0. The van der Waals surface area contributed by atoms with Crippen LogP contribution in [-0.2, 0) is 6.54 Å². The van der Waals surface area contributed by atoms with Crippen LogP contribution >= 0.6 is 0 Å². The summed E-state index contributed by atoms with van der Waals surface area (Å²) in [4.78, 5) is 27.5. The Morgan fingerprint density at radius 1 is 1.08 bits per heavy atom. The predicted molar refractivity (Wildman–Crippen MR) is 94.4 cm³/mol. The van der Waals surface area contributed by atoms with Crippen LogP contribution in [0, 0.1) is 6.92 Å². The lowest BCUT2D eigenvalue weighted by Crippen LogP contribution is -2.23. The van der Waals surface area contributed by atoms with Crippen LogP contribution in [0.25, 0.3) is 10.9 Å². The number of hydrogen-bond donors (Lipinski definition) is 4. The number of hydrogen-bond acceptors (Lipinski definition) is 5. The monoisotopic (exact) mass is 352 g/mol. The number of amides is 1. The molecule has 26 heavy (non-hydrogen) atoms. The van der Waals surface area contributed by atoms with E-state index in [1.807, 2.05) is 0 Å². The highest BCUT2D eigenvalue weighted by atomic mass is 16.4. The van der Waals surface area contributed by atoms with Gasteiger partial charge in [0.2, 0.25) is 0 Å². The number of carboxylic acid groups (broad SMARTS) is 1. The van der Waals surface area contributed by atoms with Crippen molar-refractivity contribution >= 4 is 22.8 Å². The summed E-state index contributed by atoms with van der Waals surface area (Å²) in [7, 11) is 0. The lowest BCUT2D eigenvalue weighted by atomic mass is 10.1. The number of aromatic hydroxyl groups is 2. The first-order valence-corrected chi connectivity index (χ1v) is 7.79. The molecule has 4 N–H and O–H groups in total. The van der Waals surface area contributed by atoms with E-state index in [2.05, 4.69) is 10.3 Å². The standard InChI is InChI=1S/C19H16N2O5/c1-10-2-3-11(8-15(10)22)9-20-18(24)14-7-5-12-4-6-13(19(25)26)17(23)16(12)21-14/h2-8,22-23H,9H2,1H3,(H,20,24)(H,25,26). The fourth-order valence-electron chi connectivity index (χ4n) is 2.51. The zero-order valence-corrected chi connectivity index (χ0v) is 13.9. The van der Waals surface area contributed by atoms with Crippen LogP contribution in [0.2, 0.25) is 0 Å². The molecule has 0 fully saturated rings. The molecule has 0 unspecified atom stereocenters. The number of carbonyl (C=O) groups excluding carboxylic acids is 1. The average Bonchev–Trinajstić information content (AvgIpc) is 2.62. The molecule has 1 amide bonds. The van der Waals surface area contributed by atoms with E-state index < -0.39 is 17.6 Å². The highest BCUT2D eigenvalue weighted by molar-refractivity contribution is 6.01. The third kappa shape index (κ3) is 3.27. The summed E-state index contributed by atoms with van der Waals surface area (Å²) in [6.45, 7) is 1.96. The van der Waals surface area contributed by atoms with Gasteiger partial charge in [0.15, 0.2) is 5.75 Å². The Bertz CT molecular complexity index is 1030. The van der Waals surface area contributed by atoms with Gasteiger partial charge in [0.1, 0.15) is 22.5 Å². The number of pyridine rings is 1. The van der Waals surface area contributed by atoms with Crippen molar-refractivity contribution in [2.45, 2.75) is 13.5 Å². The minimum atomic E-state index is -1.28. The molecule has 0 bridgehead atoms. The number of aromatic carboxylic acids is 1. The van der Waals surface area contributed by atoms with Crippen LogP contribution in [0.4, 0.5) is 0 Å². The van der Waals surface area contributed by atoms with Crippen molar-refractivity contribution in [3.05, 3.63) is 64.8 Å². The first-order chi connectivity index (χ1) is 12.4. The number of rotatable bonds is 4. The lowest BCUT2D eigenvalue weighted by Gasteiger charge is -2.08. The van der Waals surface area contributed by atoms with Crippen molar-refractivity contribution < 1.29 is 24.9 Å². The van der Waals surface area contributed by atoms with Crippen molar-refractivity contribution in [1.82, 2.24) is 10.3 Å². The van der Waals surface area contributed by atoms with E-state index in [4.69, 9.17) is 5.11 Å². The Balaban J connectivity index is 1.84. The quantitative estimate of drug-likeness (QED) is 0.573. The van der Waals surface area contributed by atoms with Crippen molar-refractivity contribution in [2.75, 3.05) is 0 Å². The Morgan fingerprint density at radius 3 is 2.50 bits per heavy atom. The number of phenolic OH excluding ortho intramolecular Hbond substituents is 1.